The molecule has 0 aromatic carbocycles. The fourth-order valence-corrected chi connectivity index (χ4v) is 2.46. The van der Waals surface area contributed by atoms with Gasteiger partial charge in [-0.05, 0) is 43.9 Å². The van der Waals surface area contributed by atoms with Gasteiger partial charge in [0.1, 0.15) is 12.7 Å². The molecule has 0 aromatic heterocycles. The Hall–Kier alpha value is -2.91. The summed E-state index contributed by atoms with van der Waals surface area (Å²) in [5, 5.41) is 33.0. The molecule has 0 unspecified atom stereocenters. The van der Waals surface area contributed by atoms with Crippen molar-refractivity contribution in [3.8, 4) is 0 Å². The number of unbranched alkanes of at least 4 members (excludes halogenated alkanes) is 6. The molecule has 0 aromatic rings. The summed E-state index contributed by atoms with van der Waals surface area (Å²) < 4.78 is 0. The van der Waals surface area contributed by atoms with E-state index < -0.39 is 21.2 Å². The second kappa shape index (κ2) is 15.2. The molecule has 0 aliphatic carbocycles. The van der Waals surface area contributed by atoms with Crippen LogP contribution in [0.25, 0.3) is 0 Å². The molecule has 156 valence electrons. The first kappa shape index (κ1) is 25.1. The topological polar surface area (TPSA) is 146 Å². The Bertz CT molecular complexity index is 639. The molecular weight excluding hydrogens is 370 g/mol. The molecule has 0 N–H and O–H groups in total. The minimum Gasteiger partial charge on any atom is -0.303 e. The first-order chi connectivity index (χ1) is 13.3. The van der Waals surface area contributed by atoms with Crippen molar-refractivity contribution in [3.63, 3.8) is 0 Å². The van der Waals surface area contributed by atoms with Crippen molar-refractivity contribution in [2.45, 2.75) is 71.1 Å². The predicted molar refractivity (Wildman–Crippen MR) is 103 cm³/mol. The summed E-state index contributed by atoms with van der Waals surface area (Å²) in [6.07, 6.45) is 9.68. The third-order valence-electron chi connectivity index (χ3n) is 4.04. The quantitative estimate of drug-likeness (QED) is 0.160. The minimum atomic E-state index is -0.698. The average Bonchev–Trinajstić information content (AvgIpc) is 2.63. The van der Waals surface area contributed by atoms with E-state index in [9.17, 15) is 35.1 Å². The maximum Gasteiger partial charge on any atom is 0.253 e. The number of allylic oxidation sites excluding steroid dienone is 4. The van der Waals surface area contributed by atoms with Gasteiger partial charge in [-0.3, -0.25) is 30.3 Å². The van der Waals surface area contributed by atoms with Crippen LogP contribution < -0.4 is 0 Å². The van der Waals surface area contributed by atoms with E-state index in [0.29, 0.717) is 12.8 Å². The van der Waals surface area contributed by atoms with Crippen LogP contribution in [0.1, 0.15) is 71.1 Å². The van der Waals surface area contributed by atoms with E-state index in [-0.39, 0.29) is 29.9 Å². The smallest absolute Gasteiger partial charge is 0.253 e. The zero-order chi connectivity index (χ0) is 21.4. The van der Waals surface area contributed by atoms with Crippen molar-refractivity contribution < 1.29 is 19.6 Å². The maximum absolute atomic E-state index is 11.2. The SMILES string of the molecule is CC/C(=C\C/C=C(\C/C(=C\CCCCCCCC=O)[N+](=O)[O-])[N+](=O)[O-])[N+](=O)[O-]. The van der Waals surface area contributed by atoms with Crippen LogP contribution in [-0.2, 0) is 4.79 Å². The normalized spacial score (nSPS) is 12.7. The molecule has 28 heavy (non-hydrogen) atoms. The lowest BCUT2D eigenvalue weighted by Gasteiger charge is -2.00. The van der Waals surface area contributed by atoms with Crippen LogP contribution in [-0.4, -0.2) is 21.1 Å². The van der Waals surface area contributed by atoms with E-state index in [4.69, 9.17) is 0 Å². The lowest BCUT2D eigenvalue weighted by Crippen LogP contribution is -2.06. The largest absolute Gasteiger partial charge is 0.303 e. The fraction of sp³-hybridized carbons (Fsp3) is 0.611. The highest BCUT2D eigenvalue weighted by Crippen LogP contribution is 2.16. The molecule has 0 saturated carbocycles. The molecular formula is C18H27N3O7. The van der Waals surface area contributed by atoms with Gasteiger partial charge in [0.05, 0.1) is 14.8 Å². The lowest BCUT2D eigenvalue weighted by atomic mass is 10.1. The van der Waals surface area contributed by atoms with Crippen molar-refractivity contribution in [1.82, 2.24) is 0 Å². The summed E-state index contributed by atoms with van der Waals surface area (Å²) in [5.74, 6) is 0. The van der Waals surface area contributed by atoms with Gasteiger partial charge in [-0.25, -0.2) is 0 Å². The summed E-state index contributed by atoms with van der Waals surface area (Å²) in [4.78, 5) is 41.3. The number of hydrogen-bond acceptors (Lipinski definition) is 7. The number of nitrogens with zero attached hydrogens (tertiary/aromatic N) is 3. The van der Waals surface area contributed by atoms with Gasteiger partial charge in [0.25, 0.3) is 11.4 Å². The molecule has 10 nitrogen and oxygen atoms in total. The van der Waals surface area contributed by atoms with Gasteiger partial charge < -0.3 is 4.79 Å². The average molecular weight is 397 g/mol. The standard InChI is InChI=1S/C18H27N3O7/c1-2-16(19(23)24)12-10-13-18(21(27)28)15-17(20(25)26)11-8-6-4-3-5-7-9-14-22/h11-14H,2-10,15H2,1H3/b16-12+,17-11+,18-13+. The van der Waals surface area contributed by atoms with Crippen LogP contribution in [0.3, 0.4) is 0 Å². The van der Waals surface area contributed by atoms with Crippen molar-refractivity contribution in [1.29, 1.82) is 0 Å². The number of hydrogen-bond donors (Lipinski definition) is 0. The molecule has 0 aliphatic rings. The van der Waals surface area contributed by atoms with Crippen molar-refractivity contribution in [3.05, 3.63) is 65.7 Å². The number of carbonyl (C=O) groups excluding carboxylic acids is 1. The highest BCUT2D eigenvalue weighted by Gasteiger charge is 2.21. The van der Waals surface area contributed by atoms with E-state index in [1.807, 2.05) is 0 Å². The number of nitro groups is 3. The molecule has 0 spiro atoms. The van der Waals surface area contributed by atoms with Crippen molar-refractivity contribution in [2.75, 3.05) is 0 Å². The number of carbonyl (C=O) groups is 1. The molecule has 0 atom stereocenters. The maximum atomic E-state index is 11.2. The van der Waals surface area contributed by atoms with Gasteiger partial charge in [-0.1, -0.05) is 26.2 Å². The Balaban J connectivity index is 4.79. The van der Waals surface area contributed by atoms with E-state index >= 15 is 0 Å². The summed E-state index contributed by atoms with van der Waals surface area (Å²) in [5.41, 5.74) is -0.665. The van der Waals surface area contributed by atoms with Gasteiger partial charge in [0.15, 0.2) is 0 Å². The van der Waals surface area contributed by atoms with Crippen LogP contribution in [0.2, 0.25) is 0 Å². The van der Waals surface area contributed by atoms with Crippen LogP contribution in [0.5, 0.6) is 0 Å². The van der Waals surface area contributed by atoms with Crippen LogP contribution in [0.4, 0.5) is 0 Å². The summed E-state index contributed by atoms with van der Waals surface area (Å²) in [6, 6.07) is 0. The number of aldehydes is 1. The fourth-order valence-electron chi connectivity index (χ4n) is 2.46. The van der Waals surface area contributed by atoms with Gasteiger partial charge in [0.2, 0.25) is 5.70 Å². The molecule has 0 bridgehead atoms. The van der Waals surface area contributed by atoms with Crippen molar-refractivity contribution in [2.24, 2.45) is 0 Å². The zero-order valence-corrected chi connectivity index (χ0v) is 16.1. The Morgan fingerprint density at radius 1 is 0.714 bits per heavy atom. The molecule has 0 aliphatic heterocycles. The third kappa shape index (κ3) is 11.7. The molecule has 0 amide bonds. The molecule has 0 saturated heterocycles. The van der Waals surface area contributed by atoms with Gasteiger partial charge in [0, 0.05) is 12.8 Å². The Morgan fingerprint density at radius 3 is 1.68 bits per heavy atom. The predicted octanol–water partition coefficient (Wildman–Crippen LogP) is 4.59. The van der Waals surface area contributed by atoms with Crippen molar-refractivity contribution >= 4 is 6.29 Å². The highest BCUT2D eigenvalue weighted by atomic mass is 16.6. The lowest BCUT2D eigenvalue weighted by molar-refractivity contribution is -0.450. The van der Waals surface area contributed by atoms with E-state index in [2.05, 4.69) is 0 Å². The number of rotatable bonds is 16. The first-order valence-corrected chi connectivity index (χ1v) is 9.27. The van der Waals surface area contributed by atoms with Crippen LogP contribution in [0.15, 0.2) is 35.3 Å². The molecule has 10 heteroatoms. The third-order valence-corrected chi connectivity index (χ3v) is 4.04. The molecule has 0 rings (SSSR count). The highest BCUT2D eigenvalue weighted by molar-refractivity contribution is 5.48. The second-order valence-electron chi connectivity index (χ2n) is 6.14. The van der Waals surface area contributed by atoms with E-state index in [0.717, 1.165) is 38.4 Å². The molecule has 0 radical (unpaired) electrons. The zero-order valence-electron chi connectivity index (χ0n) is 16.1. The Labute approximate surface area is 163 Å². The summed E-state index contributed by atoms with van der Waals surface area (Å²) >= 11 is 0. The summed E-state index contributed by atoms with van der Waals surface area (Å²) in [6.45, 7) is 1.60. The van der Waals surface area contributed by atoms with Gasteiger partial charge in [-0.15, -0.1) is 0 Å². The van der Waals surface area contributed by atoms with Gasteiger partial charge in [-0.2, -0.15) is 0 Å². The minimum absolute atomic E-state index is 0.0355. The molecule has 0 heterocycles. The van der Waals surface area contributed by atoms with Crippen LogP contribution in [0, 0.1) is 30.3 Å². The first-order valence-electron chi connectivity index (χ1n) is 9.27. The monoisotopic (exact) mass is 397 g/mol. The summed E-state index contributed by atoms with van der Waals surface area (Å²) in [7, 11) is 0. The molecule has 0 fully saturated rings. The van der Waals surface area contributed by atoms with Crippen LogP contribution >= 0.6 is 0 Å². The van der Waals surface area contributed by atoms with Gasteiger partial charge >= 0.3 is 0 Å². The van der Waals surface area contributed by atoms with E-state index in [1.165, 1.54) is 18.2 Å². The second-order valence-corrected chi connectivity index (χ2v) is 6.14. The Morgan fingerprint density at radius 2 is 1.18 bits per heavy atom. The Kier molecular flexibility index (Phi) is 13.6. The van der Waals surface area contributed by atoms with E-state index in [1.54, 1.807) is 6.92 Å².